The second kappa shape index (κ2) is 6.68. The number of esters is 1. The van der Waals surface area contributed by atoms with Gasteiger partial charge >= 0.3 is 5.97 Å². The Hall–Kier alpha value is -2.07. The summed E-state index contributed by atoms with van der Waals surface area (Å²) in [6.45, 7) is 4.16. The van der Waals surface area contributed by atoms with Crippen LogP contribution < -0.4 is 0 Å². The van der Waals surface area contributed by atoms with E-state index in [9.17, 15) is 22.4 Å². The summed E-state index contributed by atoms with van der Waals surface area (Å²) in [7, 11) is 0. The minimum absolute atomic E-state index is 0.270. The molecule has 1 fully saturated rings. The van der Waals surface area contributed by atoms with Crippen LogP contribution in [0.1, 0.15) is 26.3 Å². The van der Waals surface area contributed by atoms with Gasteiger partial charge in [-0.05, 0) is 18.3 Å². The van der Waals surface area contributed by atoms with E-state index in [1.165, 1.54) is 0 Å². The second-order valence-electron chi connectivity index (χ2n) is 6.44. The Morgan fingerprint density at radius 2 is 1.76 bits per heavy atom. The van der Waals surface area contributed by atoms with Crippen molar-refractivity contribution in [3.8, 4) is 6.07 Å². The molecule has 1 aromatic rings. The van der Waals surface area contributed by atoms with Crippen LogP contribution in [0.25, 0.3) is 0 Å². The molecule has 1 aromatic carbocycles. The van der Waals surface area contributed by atoms with Gasteiger partial charge in [0.05, 0.1) is 17.6 Å². The van der Waals surface area contributed by atoms with Gasteiger partial charge in [0, 0.05) is 5.57 Å². The fourth-order valence-corrected chi connectivity index (χ4v) is 2.92. The molecular weight excluding hydrogens is 362 g/mol. The molecule has 3 nitrogen and oxygen atoms in total. The maximum absolute atomic E-state index is 13.7. The van der Waals surface area contributed by atoms with Crippen molar-refractivity contribution < 1.29 is 27.1 Å². The van der Waals surface area contributed by atoms with Crippen molar-refractivity contribution in [2.24, 2.45) is 17.3 Å². The normalized spacial score (nSPS) is 21.6. The highest BCUT2D eigenvalue weighted by Gasteiger charge is 2.61. The van der Waals surface area contributed by atoms with Gasteiger partial charge < -0.3 is 4.74 Å². The molecule has 25 heavy (non-hydrogen) atoms. The fraction of sp³-hybridized carbons (Fsp3) is 0.412. The van der Waals surface area contributed by atoms with Crippen molar-refractivity contribution >= 4 is 17.6 Å². The molecule has 0 N–H and O–H groups in total. The minimum atomic E-state index is -1.75. The number of carbonyl (C=O) groups is 1. The highest BCUT2D eigenvalue weighted by molar-refractivity contribution is 6.30. The molecule has 0 amide bonds. The first-order valence-corrected chi connectivity index (χ1v) is 7.67. The van der Waals surface area contributed by atoms with Gasteiger partial charge in [0.15, 0.2) is 23.3 Å². The number of nitriles is 1. The van der Waals surface area contributed by atoms with E-state index in [-0.39, 0.29) is 5.92 Å². The number of benzene rings is 1. The van der Waals surface area contributed by atoms with Gasteiger partial charge in [-0.25, -0.2) is 17.6 Å². The quantitative estimate of drug-likeness (QED) is 0.252. The van der Waals surface area contributed by atoms with E-state index in [0.29, 0.717) is 5.57 Å². The molecule has 0 radical (unpaired) electrons. The number of rotatable bonds is 4. The average molecular weight is 376 g/mol. The predicted octanol–water partition coefficient (Wildman–Crippen LogP) is 4.68. The number of allylic oxidation sites excluding steroid dienone is 2. The lowest BCUT2D eigenvalue weighted by Gasteiger charge is -2.10. The van der Waals surface area contributed by atoms with Gasteiger partial charge in [0.1, 0.15) is 11.6 Å². The van der Waals surface area contributed by atoms with Crippen molar-refractivity contribution in [1.29, 1.82) is 5.26 Å². The molecular formula is C17H14ClF4NO2. The maximum atomic E-state index is 13.7. The van der Waals surface area contributed by atoms with Gasteiger partial charge in [0.2, 0.25) is 0 Å². The van der Waals surface area contributed by atoms with Gasteiger partial charge in [-0.3, -0.25) is 4.79 Å². The summed E-state index contributed by atoms with van der Waals surface area (Å²) in [4.78, 5) is 12.1. The molecule has 0 bridgehead atoms. The van der Waals surface area contributed by atoms with Gasteiger partial charge in [0.25, 0.3) is 0 Å². The van der Waals surface area contributed by atoms with E-state index in [1.807, 2.05) is 6.07 Å². The maximum Gasteiger partial charge on any atom is 0.310 e. The molecule has 0 heterocycles. The molecule has 1 aliphatic carbocycles. The number of ether oxygens (including phenoxy) is 1. The predicted molar refractivity (Wildman–Crippen MR) is 81.2 cm³/mol. The Labute approximate surface area is 146 Å². The molecule has 2 atom stereocenters. The summed E-state index contributed by atoms with van der Waals surface area (Å²) in [5, 5.41) is 7.49. The number of carbonyl (C=O) groups excluding carboxylic acids is 1. The largest absolute Gasteiger partial charge is 0.460 e. The molecule has 134 valence electrons. The molecule has 8 heteroatoms. The zero-order chi connectivity index (χ0) is 19.1. The zero-order valence-corrected chi connectivity index (χ0v) is 14.3. The molecule has 0 unspecified atom stereocenters. The molecule has 1 saturated carbocycles. The summed E-state index contributed by atoms with van der Waals surface area (Å²) in [5.74, 6) is -8.57. The van der Waals surface area contributed by atoms with Crippen molar-refractivity contribution in [2.45, 2.75) is 27.4 Å². The Bertz CT molecular complexity index is 785. The van der Waals surface area contributed by atoms with Crippen LogP contribution in [0.5, 0.6) is 0 Å². The summed E-state index contributed by atoms with van der Waals surface area (Å²) < 4.78 is 59.1. The van der Waals surface area contributed by atoms with Crippen LogP contribution in [0, 0.1) is 51.9 Å². The third-order valence-corrected chi connectivity index (χ3v) is 4.76. The first-order valence-electron chi connectivity index (χ1n) is 7.29. The van der Waals surface area contributed by atoms with E-state index in [2.05, 4.69) is 0 Å². The van der Waals surface area contributed by atoms with E-state index < -0.39 is 57.8 Å². The highest BCUT2D eigenvalue weighted by atomic mass is 35.5. The number of halogens is 5. The van der Waals surface area contributed by atoms with Crippen LogP contribution in [0.2, 0.25) is 5.02 Å². The first kappa shape index (κ1) is 19.3. The van der Waals surface area contributed by atoms with E-state index in [1.54, 1.807) is 26.8 Å². The minimum Gasteiger partial charge on any atom is -0.460 e. The number of hydrogen-bond donors (Lipinski definition) is 0. The third kappa shape index (κ3) is 3.36. The number of nitrogens with zero attached hydrogens (tertiary/aromatic N) is 1. The summed E-state index contributed by atoms with van der Waals surface area (Å²) >= 11 is 5.13. The smallest absolute Gasteiger partial charge is 0.310 e. The van der Waals surface area contributed by atoms with Crippen molar-refractivity contribution in [3.63, 3.8) is 0 Å². The van der Waals surface area contributed by atoms with E-state index in [4.69, 9.17) is 21.6 Å². The topological polar surface area (TPSA) is 50.1 Å². The zero-order valence-electron chi connectivity index (χ0n) is 13.6. The Kier molecular flexibility index (Phi) is 5.14. The van der Waals surface area contributed by atoms with Crippen molar-refractivity contribution in [1.82, 2.24) is 0 Å². The molecule has 2 rings (SSSR count). The molecule has 0 spiro atoms. The summed E-state index contributed by atoms with van der Waals surface area (Å²) in [5.41, 5.74) is -1.12. The lowest BCUT2D eigenvalue weighted by atomic mass is 10.1. The van der Waals surface area contributed by atoms with Gasteiger partial charge in [-0.2, -0.15) is 5.26 Å². The van der Waals surface area contributed by atoms with E-state index >= 15 is 0 Å². The second-order valence-corrected chi connectivity index (χ2v) is 6.82. The SMILES string of the molecule is CC(C#N)=C[C@@H]1[C@@H](C(=O)OCc2c(F)c(F)c(Cl)c(F)c2F)C1(C)C. The lowest BCUT2D eigenvalue weighted by molar-refractivity contribution is -0.147. The summed E-state index contributed by atoms with van der Waals surface area (Å²) in [6.07, 6.45) is 1.62. The van der Waals surface area contributed by atoms with E-state index in [0.717, 1.165) is 0 Å². The molecule has 0 aromatic heterocycles. The van der Waals surface area contributed by atoms with Crippen LogP contribution in [0.3, 0.4) is 0 Å². The van der Waals surface area contributed by atoms with Crippen molar-refractivity contribution in [3.05, 3.63) is 45.5 Å². The average Bonchev–Trinajstić information content (AvgIpc) is 3.10. The van der Waals surface area contributed by atoms with Gasteiger partial charge in [-0.1, -0.05) is 31.5 Å². The third-order valence-electron chi connectivity index (χ3n) is 4.43. The summed E-state index contributed by atoms with van der Waals surface area (Å²) in [6, 6.07) is 1.94. The Balaban J connectivity index is 2.16. The molecule has 0 saturated heterocycles. The standard InChI is InChI=1S/C17H14ClF4NO2/c1-7(5-23)4-9-10(17(9,2)3)16(24)25-6-8-12(19)14(21)11(18)15(22)13(8)20/h4,9-10H,6H2,1-3H3/t9-,10+/m1/s1. The van der Waals surface area contributed by atoms with Gasteiger partial charge in [-0.15, -0.1) is 0 Å². The monoisotopic (exact) mass is 375 g/mol. The van der Waals surface area contributed by atoms with Crippen LogP contribution >= 0.6 is 11.6 Å². The van der Waals surface area contributed by atoms with Crippen LogP contribution in [-0.2, 0) is 16.1 Å². The Morgan fingerprint density at radius 3 is 2.24 bits per heavy atom. The molecule has 0 aliphatic heterocycles. The first-order chi connectivity index (χ1) is 11.5. The molecule has 1 aliphatic rings. The number of hydrogen-bond acceptors (Lipinski definition) is 3. The Morgan fingerprint density at radius 1 is 1.24 bits per heavy atom. The van der Waals surface area contributed by atoms with Crippen LogP contribution in [-0.4, -0.2) is 5.97 Å². The lowest BCUT2D eigenvalue weighted by Crippen LogP contribution is -2.13. The van der Waals surface area contributed by atoms with Crippen molar-refractivity contribution in [2.75, 3.05) is 0 Å². The van der Waals surface area contributed by atoms with Crippen LogP contribution in [0.4, 0.5) is 17.6 Å². The van der Waals surface area contributed by atoms with Crippen LogP contribution in [0.15, 0.2) is 11.6 Å². The highest BCUT2D eigenvalue weighted by Crippen LogP contribution is 2.59. The fourth-order valence-electron chi connectivity index (χ4n) is 2.76.